The zero-order valence-electron chi connectivity index (χ0n) is 11.7. The number of carbonyl (C=O) groups is 1. The van der Waals surface area contributed by atoms with Gasteiger partial charge in [-0.1, -0.05) is 5.16 Å². The summed E-state index contributed by atoms with van der Waals surface area (Å²) in [7, 11) is 0. The zero-order valence-corrected chi connectivity index (χ0v) is 13.3. The smallest absolute Gasteiger partial charge is 0.410 e. The first-order valence-corrected chi connectivity index (χ1v) is 7.50. The number of piperidine rings is 1. The van der Waals surface area contributed by atoms with Crippen LogP contribution in [-0.2, 0) is 9.57 Å². The van der Waals surface area contributed by atoms with Crippen molar-refractivity contribution in [2.24, 2.45) is 11.1 Å². The molecule has 1 fully saturated rings. The highest BCUT2D eigenvalue weighted by molar-refractivity contribution is 9.18. The SMILES string of the molecule is CC(C)(C)OC(=O)N1CCC[C@@H](C2CC(Br)=NO2)C1. The molecule has 0 radical (unpaired) electrons. The van der Waals surface area contributed by atoms with E-state index in [-0.39, 0.29) is 12.2 Å². The van der Waals surface area contributed by atoms with Crippen molar-refractivity contribution in [3.05, 3.63) is 0 Å². The molecule has 0 aromatic heterocycles. The number of oxime groups is 1. The number of ether oxygens (including phenoxy) is 1. The summed E-state index contributed by atoms with van der Waals surface area (Å²) in [6.07, 6.45) is 2.71. The van der Waals surface area contributed by atoms with Gasteiger partial charge in [-0.3, -0.25) is 0 Å². The normalized spacial score (nSPS) is 27.8. The van der Waals surface area contributed by atoms with Gasteiger partial charge < -0.3 is 14.5 Å². The van der Waals surface area contributed by atoms with Crippen LogP contribution in [0.25, 0.3) is 0 Å². The molecule has 2 heterocycles. The van der Waals surface area contributed by atoms with Crippen molar-refractivity contribution in [1.82, 2.24) is 4.90 Å². The van der Waals surface area contributed by atoms with Crippen LogP contribution < -0.4 is 0 Å². The van der Waals surface area contributed by atoms with Crippen molar-refractivity contribution in [2.75, 3.05) is 13.1 Å². The highest BCUT2D eigenvalue weighted by Crippen LogP contribution is 2.29. The van der Waals surface area contributed by atoms with Gasteiger partial charge in [0.1, 0.15) is 16.3 Å². The zero-order chi connectivity index (χ0) is 14.0. The van der Waals surface area contributed by atoms with Crippen molar-refractivity contribution >= 4 is 26.6 Å². The molecule has 2 atom stereocenters. The number of hydrogen-bond acceptors (Lipinski definition) is 4. The van der Waals surface area contributed by atoms with Gasteiger partial charge in [-0.25, -0.2) is 4.79 Å². The molecule has 0 aliphatic carbocycles. The molecule has 19 heavy (non-hydrogen) atoms. The van der Waals surface area contributed by atoms with Crippen molar-refractivity contribution in [2.45, 2.75) is 51.7 Å². The summed E-state index contributed by atoms with van der Waals surface area (Å²) in [5.74, 6) is 0.333. The largest absolute Gasteiger partial charge is 0.444 e. The number of nitrogens with zero attached hydrogens (tertiary/aromatic N) is 2. The van der Waals surface area contributed by atoms with Crippen LogP contribution in [-0.4, -0.2) is 40.4 Å². The number of likely N-dealkylation sites (tertiary alicyclic amines) is 1. The van der Waals surface area contributed by atoms with E-state index in [0.29, 0.717) is 12.5 Å². The lowest BCUT2D eigenvalue weighted by atomic mass is 9.91. The second-order valence-corrected chi connectivity index (χ2v) is 7.06. The molecular formula is C13H21BrN2O3. The van der Waals surface area contributed by atoms with Crippen LogP contribution in [0.15, 0.2) is 5.16 Å². The van der Waals surface area contributed by atoms with Gasteiger partial charge in [0.05, 0.1) is 0 Å². The lowest BCUT2D eigenvalue weighted by Crippen LogP contribution is -2.45. The average molecular weight is 333 g/mol. The van der Waals surface area contributed by atoms with E-state index >= 15 is 0 Å². The number of rotatable bonds is 1. The maximum Gasteiger partial charge on any atom is 0.410 e. The molecule has 2 aliphatic rings. The van der Waals surface area contributed by atoms with Crippen molar-refractivity contribution in [3.63, 3.8) is 0 Å². The third-order valence-corrected chi connectivity index (χ3v) is 3.76. The summed E-state index contributed by atoms with van der Waals surface area (Å²) in [6, 6.07) is 0. The predicted octanol–water partition coefficient (Wildman–Crippen LogP) is 3.13. The van der Waals surface area contributed by atoms with Crippen molar-refractivity contribution < 1.29 is 14.4 Å². The predicted molar refractivity (Wildman–Crippen MR) is 76.4 cm³/mol. The Kier molecular flexibility index (Phi) is 4.38. The topological polar surface area (TPSA) is 51.1 Å². The summed E-state index contributed by atoms with van der Waals surface area (Å²) in [5, 5.41) is 3.92. The van der Waals surface area contributed by atoms with Crippen LogP contribution in [0, 0.1) is 5.92 Å². The minimum Gasteiger partial charge on any atom is -0.444 e. The fraction of sp³-hybridized carbons (Fsp3) is 0.846. The third kappa shape index (κ3) is 4.09. The van der Waals surface area contributed by atoms with Crippen molar-refractivity contribution in [1.29, 1.82) is 0 Å². The number of amides is 1. The van der Waals surface area contributed by atoms with Crippen LogP contribution in [0.5, 0.6) is 0 Å². The standard InChI is InChI=1S/C13H21BrN2O3/c1-13(2,3)18-12(17)16-6-4-5-9(8-16)10-7-11(14)15-19-10/h9-10H,4-8H2,1-3H3/t9-,10?/m1/s1. The molecule has 108 valence electrons. The number of carbonyl (C=O) groups excluding carboxylic acids is 1. The molecule has 0 spiro atoms. The van der Waals surface area contributed by atoms with E-state index in [2.05, 4.69) is 21.1 Å². The van der Waals surface area contributed by atoms with Crippen LogP contribution in [0.4, 0.5) is 4.79 Å². The fourth-order valence-corrected chi connectivity index (χ4v) is 2.83. The third-order valence-electron chi connectivity index (χ3n) is 3.29. The summed E-state index contributed by atoms with van der Waals surface area (Å²) in [5.41, 5.74) is -0.444. The quantitative estimate of drug-likeness (QED) is 0.741. The fourth-order valence-electron chi connectivity index (χ4n) is 2.42. The van der Waals surface area contributed by atoms with Crippen molar-refractivity contribution in [3.8, 4) is 0 Å². The first-order chi connectivity index (χ1) is 8.85. The Morgan fingerprint density at radius 1 is 1.53 bits per heavy atom. The second kappa shape index (κ2) is 5.69. The Morgan fingerprint density at radius 2 is 2.26 bits per heavy atom. The summed E-state index contributed by atoms with van der Waals surface area (Å²) in [4.78, 5) is 19.2. The van der Waals surface area contributed by atoms with Gasteiger partial charge in [0.2, 0.25) is 0 Å². The first kappa shape index (κ1) is 14.6. The molecule has 0 bridgehead atoms. The molecule has 2 aliphatic heterocycles. The molecular weight excluding hydrogens is 312 g/mol. The monoisotopic (exact) mass is 332 g/mol. The minimum absolute atomic E-state index is 0.0830. The van der Waals surface area contributed by atoms with Gasteiger partial charge in [0.15, 0.2) is 0 Å². The Morgan fingerprint density at radius 3 is 2.84 bits per heavy atom. The van der Waals surface area contributed by atoms with Gasteiger partial charge in [-0.2, -0.15) is 0 Å². The van der Waals surface area contributed by atoms with Gasteiger partial charge in [0, 0.05) is 25.4 Å². The average Bonchev–Trinajstić information content (AvgIpc) is 2.74. The van der Waals surface area contributed by atoms with Gasteiger partial charge in [-0.15, -0.1) is 0 Å². The van der Waals surface area contributed by atoms with Crippen LogP contribution >= 0.6 is 15.9 Å². The van der Waals surface area contributed by atoms with E-state index in [1.165, 1.54) is 0 Å². The maximum absolute atomic E-state index is 12.1. The lowest BCUT2D eigenvalue weighted by molar-refractivity contribution is -0.0108. The van der Waals surface area contributed by atoms with E-state index in [0.717, 1.165) is 30.4 Å². The number of hydrogen-bond donors (Lipinski definition) is 0. The van der Waals surface area contributed by atoms with Gasteiger partial charge in [-0.05, 0) is 49.5 Å². The first-order valence-electron chi connectivity index (χ1n) is 6.71. The summed E-state index contributed by atoms with van der Waals surface area (Å²) >= 11 is 3.35. The van der Waals surface area contributed by atoms with E-state index in [1.54, 1.807) is 4.90 Å². The van der Waals surface area contributed by atoms with Crippen LogP contribution in [0.1, 0.15) is 40.0 Å². The maximum atomic E-state index is 12.1. The molecule has 0 saturated carbocycles. The Labute approximate surface area is 122 Å². The Balaban J connectivity index is 1.88. The number of halogens is 1. The highest BCUT2D eigenvalue weighted by atomic mass is 79.9. The Hall–Kier alpha value is -0.780. The molecule has 6 heteroatoms. The van der Waals surface area contributed by atoms with Crippen LogP contribution in [0.3, 0.4) is 0 Å². The second-order valence-electron chi connectivity index (χ2n) is 6.14. The highest BCUT2D eigenvalue weighted by Gasteiger charge is 2.35. The van der Waals surface area contributed by atoms with E-state index in [4.69, 9.17) is 9.57 Å². The molecule has 0 aromatic carbocycles. The molecule has 1 amide bonds. The molecule has 0 aromatic rings. The molecule has 5 nitrogen and oxygen atoms in total. The molecule has 0 N–H and O–H groups in total. The van der Waals surface area contributed by atoms with E-state index in [9.17, 15) is 4.79 Å². The Bertz CT molecular complexity index is 379. The summed E-state index contributed by atoms with van der Waals surface area (Å²) in [6.45, 7) is 7.11. The lowest BCUT2D eigenvalue weighted by Gasteiger charge is -2.35. The van der Waals surface area contributed by atoms with Crippen LogP contribution in [0.2, 0.25) is 0 Å². The van der Waals surface area contributed by atoms with E-state index in [1.807, 2.05) is 20.8 Å². The van der Waals surface area contributed by atoms with Gasteiger partial charge in [0.25, 0.3) is 0 Å². The van der Waals surface area contributed by atoms with Gasteiger partial charge >= 0.3 is 6.09 Å². The molecule has 2 rings (SSSR count). The minimum atomic E-state index is -0.444. The molecule has 1 unspecified atom stereocenters. The van der Waals surface area contributed by atoms with E-state index < -0.39 is 5.60 Å². The summed E-state index contributed by atoms with van der Waals surface area (Å²) < 4.78 is 6.27. The molecule has 1 saturated heterocycles.